The minimum absolute atomic E-state index is 0.490. The second kappa shape index (κ2) is 9.33. The minimum Gasteiger partial charge on any atom is -0.381 e. The highest BCUT2D eigenvalue weighted by Crippen LogP contribution is 2.21. The van der Waals surface area contributed by atoms with Crippen molar-refractivity contribution in [3.8, 4) is 0 Å². The van der Waals surface area contributed by atoms with Gasteiger partial charge in [-0.25, -0.2) is 0 Å². The third-order valence-corrected chi connectivity index (χ3v) is 4.40. The van der Waals surface area contributed by atoms with Crippen LogP contribution in [0.3, 0.4) is 0 Å². The van der Waals surface area contributed by atoms with Crippen LogP contribution in [0.4, 0.5) is 0 Å². The molecule has 2 heterocycles. The Hall–Kier alpha value is -0.850. The first-order chi connectivity index (χ1) is 10.7. The summed E-state index contributed by atoms with van der Waals surface area (Å²) in [5.74, 6) is 2.11. The fourth-order valence-electron chi connectivity index (χ4n) is 3.08. The van der Waals surface area contributed by atoms with Crippen molar-refractivity contribution in [1.29, 1.82) is 0 Å². The molecule has 0 bridgehead atoms. The summed E-state index contributed by atoms with van der Waals surface area (Å²) in [5.41, 5.74) is 0. The van der Waals surface area contributed by atoms with Gasteiger partial charge < -0.3 is 20.1 Å². The number of rotatable bonds is 6. The van der Waals surface area contributed by atoms with Crippen LogP contribution in [0.15, 0.2) is 4.99 Å². The quantitative estimate of drug-likeness (QED) is 0.554. The normalized spacial score (nSPS) is 25.5. The number of ether oxygens (including phenoxy) is 2. The summed E-state index contributed by atoms with van der Waals surface area (Å²) in [6.45, 7) is 11.7. The van der Waals surface area contributed by atoms with Gasteiger partial charge in [-0.05, 0) is 12.3 Å². The standard InChI is InChI=1S/C16H32N4O2/c1-13(2)10-18-16(17-3)19-11-15(14-4-7-22-12-14)20-5-8-21-9-6-20/h13-15H,4-12H2,1-3H3,(H2,17,18,19). The van der Waals surface area contributed by atoms with Gasteiger partial charge in [0.1, 0.15) is 0 Å². The first-order valence-electron chi connectivity index (χ1n) is 8.54. The smallest absolute Gasteiger partial charge is 0.191 e. The molecule has 0 aromatic rings. The third-order valence-electron chi connectivity index (χ3n) is 4.40. The predicted molar refractivity (Wildman–Crippen MR) is 89.3 cm³/mol. The molecule has 0 aliphatic carbocycles. The lowest BCUT2D eigenvalue weighted by Crippen LogP contribution is -2.53. The average molecular weight is 312 g/mol. The van der Waals surface area contributed by atoms with E-state index in [9.17, 15) is 0 Å². The largest absolute Gasteiger partial charge is 0.381 e. The molecule has 2 aliphatic heterocycles. The van der Waals surface area contributed by atoms with Crippen molar-refractivity contribution < 1.29 is 9.47 Å². The van der Waals surface area contributed by atoms with Crippen LogP contribution in [-0.4, -0.2) is 76.6 Å². The number of hydrogen-bond acceptors (Lipinski definition) is 4. The van der Waals surface area contributed by atoms with Gasteiger partial charge in [0.2, 0.25) is 0 Å². The van der Waals surface area contributed by atoms with Crippen molar-refractivity contribution in [2.75, 3.05) is 59.7 Å². The maximum Gasteiger partial charge on any atom is 0.191 e. The molecule has 128 valence electrons. The molecule has 2 saturated heterocycles. The van der Waals surface area contributed by atoms with Crippen LogP contribution in [0.5, 0.6) is 0 Å². The van der Waals surface area contributed by atoms with Gasteiger partial charge in [0.25, 0.3) is 0 Å². The Balaban J connectivity index is 1.87. The van der Waals surface area contributed by atoms with Crippen molar-refractivity contribution >= 4 is 5.96 Å². The van der Waals surface area contributed by atoms with Gasteiger partial charge in [0.15, 0.2) is 5.96 Å². The Labute approximate surface area is 134 Å². The molecule has 6 nitrogen and oxygen atoms in total. The molecule has 0 spiro atoms. The predicted octanol–water partition coefficient (Wildman–Crippen LogP) is 0.545. The molecule has 0 saturated carbocycles. The number of hydrogen-bond donors (Lipinski definition) is 2. The Kier molecular flexibility index (Phi) is 7.42. The van der Waals surface area contributed by atoms with Crippen molar-refractivity contribution in [1.82, 2.24) is 15.5 Å². The molecule has 2 atom stereocenters. The third kappa shape index (κ3) is 5.41. The topological polar surface area (TPSA) is 58.1 Å². The van der Waals surface area contributed by atoms with Gasteiger partial charge in [0, 0.05) is 51.8 Å². The number of morpholine rings is 1. The van der Waals surface area contributed by atoms with Crippen LogP contribution in [0.2, 0.25) is 0 Å². The second-order valence-electron chi connectivity index (χ2n) is 6.57. The van der Waals surface area contributed by atoms with E-state index in [-0.39, 0.29) is 0 Å². The fourth-order valence-corrected chi connectivity index (χ4v) is 3.08. The van der Waals surface area contributed by atoms with Crippen molar-refractivity contribution in [2.24, 2.45) is 16.8 Å². The zero-order valence-corrected chi connectivity index (χ0v) is 14.3. The number of aliphatic imine (C=N–C) groups is 1. The van der Waals surface area contributed by atoms with Crippen LogP contribution < -0.4 is 10.6 Å². The molecule has 0 aromatic carbocycles. The monoisotopic (exact) mass is 312 g/mol. The molecule has 2 unspecified atom stereocenters. The van der Waals surface area contributed by atoms with E-state index in [1.165, 1.54) is 0 Å². The first kappa shape index (κ1) is 17.5. The van der Waals surface area contributed by atoms with Crippen LogP contribution >= 0.6 is 0 Å². The molecule has 0 amide bonds. The van der Waals surface area contributed by atoms with E-state index in [4.69, 9.17) is 9.47 Å². The van der Waals surface area contributed by atoms with Crippen LogP contribution in [-0.2, 0) is 9.47 Å². The van der Waals surface area contributed by atoms with E-state index in [0.717, 1.165) is 65.0 Å². The molecule has 2 N–H and O–H groups in total. The Morgan fingerprint density at radius 3 is 2.45 bits per heavy atom. The Morgan fingerprint density at radius 1 is 1.14 bits per heavy atom. The van der Waals surface area contributed by atoms with E-state index in [0.29, 0.717) is 17.9 Å². The van der Waals surface area contributed by atoms with Crippen molar-refractivity contribution in [3.63, 3.8) is 0 Å². The van der Waals surface area contributed by atoms with E-state index in [2.05, 4.69) is 34.4 Å². The van der Waals surface area contributed by atoms with Gasteiger partial charge >= 0.3 is 0 Å². The second-order valence-corrected chi connectivity index (χ2v) is 6.57. The fraction of sp³-hybridized carbons (Fsp3) is 0.938. The van der Waals surface area contributed by atoms with E-state index < -0.39 is 0 Å². The molecule has 6 heteroatoms. The maximum atomic E-state index is 5.61. The minimum atomic E-state index is 0.490. The van der Waals surface area contributed by atoms with Gasteiger partial charge in [-0.1, -0.05) is 13.8 Å². The van der Waals surface area contributed by atoms with E-state index in [1.807, 2.05) is 7.05 Å². The highest BCUT2D eigenvalue weighted by atomic mass is 16.5. The highest BCUT2D eigenvalue weighted by Gasteiger charge is 2.31. The molecule has 22 heavy (non-hydrogen) atoms. The van der Waals surface area contributed by atoms with Gasteiger partial charge in [-0.3, -0.25) is 9.89 Å². The maximum absolute atomic E-state index is 5.61. The average Bonchev–Trinajstić information content (AvgIpc) is 3.05. The summed E-state index contributed by atoms with van der Waals surface area (Å²) >= 11 is 0. The summed E-state index contributed by atoms with van der Waals surface area (Å²) in [6, 6.07) is 0.490. The van der Waals surface area contributed by atoms with Gasteiger partial charge in [-0.2, -0.15) is 0 Å². The lowest BCUT2D eigenvalue weighted by Gasteiger charge is -2.37. The number of nitrogens with one attached hydrogen (secondary N) is 2. The Morgan fingerprint density at radius 2 is 1.86 bits per heavy atom. The SMILES string of the molecule is CN=C(NCC(C)C)NCC(C1CCOC1)N1CCOCC1. The van der Waals surface area contributed by atoms with Crippen molar-refractivity contribution in [2.45, 2.75) is 26.3 Å². The zero-order chi connectivity index (χ0) is 15.8. The lowest BCUT2D eigenvalue weighted by molar-refractivity contribution is 0.00246. The molecule has 2 rings (SSSR count). The summed E-state index contributed by atoms with van der Waals surface area (Å²) in [5, 5.41) is 6.88. The molecular formula is C16H32N4O2. The van der Waals surface area contributed by atoms with Crippen LogP contribution in [0.25, 0.3) is 0 Å². The molecular weight excluding hydrogens is 280 g/mol. The van der Waals surface area contributed by atoms with E-state index in [1.54, 1.807) is 0 Å². The first-order valence-corrected chi connectivity index (χ1v) is 8.54. The van der Waals surface area contributed by atoms with Crippen LogP contribution in [0, 0.1) is 11.8 Å². The number of nitrogens with zero attached hydrogens (tertiary/aromatic N) is 2. The zero-order valence-electron chi connectivity index (χ0n) is 14.3. The summed E-state index contributed by atoms with van der Waals surface area (Å²) < 4.78 is 11.1. The molecule has 0 radical (unpaired) electrons. The molecule has 2 aliphatic rings. The van der Waals surface area contributed by atoms with Crippen LogP contribution in [0.1, 0.15) is 20.3 Å². The summed E-state index contributed by atoms with van der Waals surface area (Å²) in [7, 11) is 1.83. The summed E-state index contributed by atoms with van der Waals surface area (Å²) in [6.07, 6.45) is 1.15. The Bertz CT molecular complexity index is 337. The molecule has 0 aromatic heterocycles. The van der Waals surface area contributed by atoms with Crippen molar-refractivity contribution in [3.05, 3.63) is 0 Å². The lowest BCUT2D eigenvalue weighted by atomic mass is 9.97. The molecule has 2 fully saturated rings. The van der Waals surface area contributed by atoms with Gasteiger partial charge in [-0.15, -0.1) is 0 Å². The highest BCUT2D eigenvalue weighted by molar-refractivity contribution is 5.79. The number of guanidine groups is 1. The van der Waals surface area contributed by atoms with E-state index >= 15 is 0 Å². The van der Waals surface area contributed by atoms with Gasteiger partial charge in [0.05, 0.1) is 19.8 Å². The summed E-state index contributed by atoms with van der Waals surface area (Å²) in [4.78, 5) is 6.87.